The summed E-state index contributed by atoms with van der Waals surface area (Å²) in [6.45, 7) is 5.72. The van der Waals surface area contributed by atoms with Gasteiger partial charge in [0, 0.05) is 22.7 Å². The summed E-state index contributed by atoms with van der Waals surface area (Å²) in [4.78, 5) is 0. The topological polar surface area (TPSA) is 44.5 Å². The predicted molar refractivity (Wildman–Crippen MR) is 66.1 cm³/mol. The largest absolute Gasteiger partial charge is 0.497 e. The van der Waals surface area contributed by atoms with E-state index in [1.165, 1.54) is 0 Å². The maximum Gasteiger partial charge on any atom is 0.128 e. The van der Waals surface area contributed by atoms with Gasteiger partial charge in [-0.25, -0.2) is 0 Å². The van der Waals surface area contributed by atoms with Crippen molar-refractivity contribution >= 4 is 11.6 Å². The lowest BCUT2D eigenvalue weighted by Gasteiger charge is -2.14. The summed E-state index contributed by atoms with van der Waals surface area (Å²) in [6, 6.07) is 5.42. The Kier molecular flexibility index (Phi) is 4.65. The molecular weight excluding hydrogens is 226 g/mol. The van der Waals surface area contributed by atoms with Gasteiger partial charge < -0.3 is 15.2 Å². The van der Waals surface area contributed by atoms with Crippen LogP contribution >= 0.6 is 11.6 Å². The van der Waals surface area contributed by atoms with Crippen LogP contribution in [0, 0.1) is 0 Å². The molecular formula is C12H16ClNO2. The van der Waals surface area contributed by atoms with Gasteiger partial charge in [0.1, 0.15) is 18.1 Å². The maximum atomic E-state index is 5.84. The Hall–Kier alpha value is -1.19. The number of hydrogen-bond acceptors (Lipinski definition) is 3. The lowest BCUT2D eigenvalue weighted by atomic mass is 10.1. The Labute approximate surface area is 101 Å². The molecule has 0 amide bonds. The molecule has 88 valence electrons. The van der Waals surface area contributed by atoms with Crippen LogP contribution in [0.5, 0.6) is 11.5 Å². The Morgan fingerprint density at radius 2 is 2.25 bits per heavy atom. The molecule has 16 heavy (non-hydrogen) atoms. The lowest BCUT2D eigenvalue weighted by Crippen LogP contribution is -2.08. The van der Waals surface area contributed by atoms with Gasteiger partial charge in [-0.3, -0.25) is 0 Å². The van der Waals surface area contributed by atoms with Gasteiger partial charge in [0.15, 0.2) is 0 Å². The fourth-order valence-electron chi connectivity index (χ4n) is 1.30. The fraction of sp³-hybridized carbons (Fsp3) is 0.333. The minimum absolute atomic E-state index is 0.107. The molecule has 4 heteroatoms. The molecule has 0 saturated carbocycles. The third kappa shape index (κ3) is 3.43. The Morgan fingerprint density at radius 3 is 2.75 bits per heavy atom. The van der Waals surface area contributed by atoms with Crippen molar-refractivity contribution in [2.24, 2.45) is 5.73 Å². The molecule has 0 heterocycles. The van der Waals surface area contributed by atoms with Crippen LogP contribution in [0.15, 0.2) is 29.8 Å². The molecule has 1 aromatic rings. The van der Waals surface area contributed by atoms with E-state index in [1.54, 1.807) is 13.2 Å². The number of benzene rings is 1. The van der Waals surface area contributed by atoms with Crippen LogP contribution in [0.1, 0.15) is 18.5 Å². The Morgan fingerprint density at radius 1 is 1.56 bits per heavy atom. The summed E-state index contributed by atoms with van der Waals surface area (Å²) in [5.74, 6) is 1.40. The molecule has 0 aliphatic carbocycles. The molecule has 0 saturated heterocycles. The van der Waals surface area contributed by atoms with E-state index < -0.39 is 0 Å². The minimum atomic E-state index is -0.107. The first-order chi connectivity index (χ1) is 7.54. The second kappa shape index (κ2) is 5.77. The van der Waals surface area contributed by atoms with Gasteiger partial charge >= 0.3 is 0 Å². The second-order valence-electron chi connectivity index (χ2n) is 3.50. The van der Waals surface area contributed by atoms with E-state index in [9.17, 15) is 0 Å². The van der Waals surface area contributed by atoms with Crippen molar-refractivity contribution in [3.63, 3.8) is 0 Å². The Balaban J connectivity index is 2.95. The molecule has 0 aromatic heterocycles. The number of hydrogen-bond donors (Lipinski definition) is 1. The summed E-state index contributed by atoms with van der Waals surface area (Å²) in [7, 11) is 1.60. The highest BCUT2D eigenvalue weighted by Crippen LogP contribution is 2.28. The Bertz CT molecular complexity index is 377. The van der Waals surface area contributed by atoms with E-state index in [4.69, 9.17) is 26.8 Å². The van der Waals surface area contributed by atoms with Gasteiger partial charge in [0.25, 0.3) is 0 Å². The third-order valence-electron chi connectivity index (χ3n) is 2.10. The lowest BCUT2D eigenvalue weighted by molar-refractivity contribution is 0.348. The number of nitrogens with two attached hydrogens (primary N) is 1. The zero-order chi connectivity index (χ0) is 12.1. The second-order valence-corrected chi connectivity index (χ2v) is 4.03. The molecule has 0 fully saturated rings. The van der Waals surface area contributed by atoms with Crippen molar-refractivity contribution in [2.45, 2.75) is 13.0 Å². The molecule has 0 bridgehead atoms. The number of rotatable bonds is 5. The van der Waals surface area contributed by atoms with Crippen LogP contribution in [0.2, 0.25) is 0 Å². The normalized spacial score (nSPS) is 12.0. The molecule has 2 N–H and O–H groups in total. The zero-order valence-corrected chi connectivity index (χ0v) is 10.3. The highest BCUT2D eigenvalue weighted by molar-refractivity contribution is 6.29. The van der Waals surface area contributed by atoms with Crippen LogP contribution in [0.25, 0.3) is 0 Å². The molecule has 0 aliphatic heterocycles. The average Bonchev–Trinajstić information content (AvgIpc) is 2.25. The first kappa shape index (κ1) is 12.9. The van der Waals surface area contributed by atoms with E-state index in [0.717, 1.165) is 11.3 Å². The van der Waals surface area contributed by atoms with Crippen LogP contribution < -0.4 is 15.2 Å². The molecule has 0 unspecified atom stereocenters. The van der Waals surface area contributed by atoms with Crippen molar-refractivity contribution in [3.8, 4) is 11.5 Å². The van der Waals surface area contributed by atoms with Crippen molar-refractivity contribution in [1.29, 1.82) is 0 Å². The molecule has 1 rings (SSSR count). The van der Waals surface area contributed by atoms with E-state index in [1.807, 2.05) is 19.1 Å². The molecule has 1 atom stereocenters. The standard InChI is InChI=1S/C12H16ClNO2/c1-8(13)7-16-12-6-10(15-3)4-5-11(12)9(2)14/h4-6,9H,1,7,14H2,2-3H3/t9-/m0/s1. The average molecular weight is 242 g/mol. The van der Waals surface area contributed by atoms with Crippen molar-refractivity contribution in [1.82, 2.24) is 0 Å². The number of methoxy groups -OCH3 is 1. The van der Waals surface area contributed by atoms with E-state index >= 15 is 0 Å². The molecule has 0 aliphatic rings. The third-order valence-corrected chi connectivity index (χ3v) is 2.20. The van der Waals surface area contributed by atoms with Crippen LogP contribution in [-0.2, 0) is 0 Å². The first-order valence-corrected chi connectivity index (χ1v) is 5.32. The fourth-order valence-corrected chi connectivity index (χ4v) is 1.35. The zero-order valence-electron chi connectivity index (χ0n) is 9.50. The molecule has 3 nitrogen and oxygen atoms in total. The highest BCUT2D eigenvalue weighted by atomic mass is 35.5. The molecule has 0 spiro atoms. The highest BCUT2D eigenvalue weighted by Gasteiger charge is 2.09. The van der Waals surface area contributed by atoms with Crippen molar-refractivity contribution in [3.05, 3.63) is 35.4 Å². The van der Waals surface area contributed by atoms with Gasteiger partial charge in [0.05, 0.1) is 7.11 Å². The van der Waals surface area contributed by atoms with Gasteiger partial charge in [-0.15, -0.1) is 0 Å². The summed E-state index contributed by atoms with van der Waals surface area (Å²) in [5.41, 5.74) is 6.75. The monoisotopic (exact) mass is 241 g/mol. The van der Waals surface area contributed by atoms with Gasteiger partial charge in [-0.05, 0) is 13.0 Å². The van der Waals surface area contributed by atoms with Crippen molar-refractivity contribution < 1.29 is 9.47 Å². The molecule has 0 radical (unpaired) electrons. The summed E-state index contributed by atoms with van der Waals surface area (Å²) >= 11 is 5.65. The maximum absolute atomic E-state index is 5.84. The van der Waals surface area contributed by atoms with Crippen molar-refractivity contribution in [2.75, 3.05) is 13.7 Å². The SMILES string of the molecule is C=C(Cl)COc1cc(OC)ccc1[C@H](C)N. The van der Waals surface area contributed by atoms with Crippen LogP contribution in [0.3, 0.4) is 0 Å². The minimum Gasteiger partial charge on any atom is -0.497 e. The number of ether oxygens (including phenoxy) is 2. The van der Waals surface area contributed by atoms with Crippen LogP contribution in [-0.4, -0.2) is 13.7 Å². The summed E-state index contributed by atoms with van der Waals surface area (Å²) in [6.07, 6.45) is 0. The summed E-state index contributed by atoms with van der Waals surface area (Å²) < 4.78 is 10.6. The van der Waals surface area contributed by atoms with E-state index in [2.05, 4.69) is 6.58 Å². The first-order valence-electron chi connectivity index (χ1n) is 4.94. The summed E-state index contributed by atoms with van der Waals surface area (Å²) in [5, 5.41) is 0.443. The van der Waals surface area contributed by atoms with Gasteiger partial charge in [-0.1, -0.05) is 24.2 Å². The smallest absolute Gasteiger partial charge is 0.128 e. The van der Waals surface area contributed by atoms with E-state index in [0.29, 0.717) is 10.8 Å². The molecule has 1 aromatic carbocycles. The van der Waals surface area contributed by atoms with Crippen LogP contribution in [0.4, 0.5) is 0 Å². The predicted octanol–water partition coefficient (Wildman–Crippen LogP) is 2.85. The quantitative estimate of drug-likeness (QED) is 0.862. The number of halogens is 1. The van der Waals surface area contributed by atoms with Gasteiger partial charge in [0.2, 0.25) is 0 Å². The van der Waals surface area contributed by atoms with E-state index in [-0.39, 0.29) is 12.6 Å². The van der Waals surface area contributed by atoms with Gasteiger partial charge in [-0.2, -0.15) is 0 Å².